The SMILES string of the molecule is CCC(CC)(Cn1nnnc1C(C)Cl)SC. The van der Waals surface area contributed by atoms with Gasteiger partial charge in [-0.25, -0.2) is 4.68 Å². The van der Waals surface area contributed by atoms with Gasteiger partial charge in [-0.1, -0.05) is 13.8 Å². The zero-order valence-corrected chi connectivity index (χ0v) is 11.8. The first-order chi connectivity index (χ1) is 7.58. The highest BCUT2D eigenvalue weighted by Gasteiger charge is 2.28. The zero-order chi connectivity index (χ0) is 12.2. The second-order valence-electron chi connectivity index (χ2n) is 3.90. The third-order valence-electron chi connectivity index (χ3n) is 3.07. The average Bonchev–Trinajstić information content (AvgIpc) is 2.74. The molecule has 16 heavy (non-hydrogen) atoms. The van der Waals surface area contributed by atoms with Gasteiger partial charge in [0.25, 0.3) is 0 Å². The Labute approximate surface area is 106 Å². The number of thioether (sulfide) groups is 1. The van der Waals surface area contributed by atoms with Crippen molar-refractivity contribution in [2.24, 2.45) is 0 Å². The highest BCUT2D eigenvalue weighted by molar-refractivity contribution is 8.00. The van der Waals surface area contributed by atoms with E-state index in [0.29, 0.717) is 0 Å². The van der Waals surface area contributed by atoms with Gasteiger partial charge < -0.3 is 0 Å². The Bertz CT molecular complexity index is 314. The van der Waals surface area contributed by atoms with Crippen molar-refractivity contribution in [3.05, 3.63) is 5.82 Å². The predicted octanol–water partition coefficient (Wildman–Crippen LogP) is 2.89. The molecule has 1 heterocycles. The number of tetrazole rings is 1. The number of rotatable bonds is 6. The maximum Gasteiger partial charge on any atom is 0.168 e. The van der Waals surface area contributed by atoms with E-state index in [1.807, 2.05) is 23.4 Å². The monoisotopic (exact) mass is 262 g/mol. The van der Waals surface area contributed by atoms with Crippen LogP contribution in [0.2, 0.25) is 0 Å². The molecular formula is C10H19ClN4S. The minimum absolute atomic E-state index is 0.150. The lowest BCUT2D eigenvalue weighted by atomic mass is 10.0. The molecule has 0 N–H and O–H groups in total. The Kier molecular flexibility index (Phi) is 5.05. The molecule has 1 aromatic heterocycles. The molecule has 0 aliphatic rings. The number of hydrogen-bond acceptors (Lipinski definition) is 4. The van der Waals surface area contributed by atoms with Crippen LogP contribution >= 0.6 is 23.4 Å². The Morgan fingerprint density at radius 1 is 1.44 bits per heavy atom. The lowest BCUT2D eigenvalue weighted by Gasteiger charge is -2.29. The first-order valence-corrected chi connectivity index (χ1v) is 7.20. The van der Waals surface area contributed by atoms with Crippen LogP contribution in [0, 0.1) is 0 Å². The molecule has 0 aliphatic carbocycles. The van der Waals surface area contributed by atoms with Gasteiger partial charge in [0.1, 0.15) is 0 Å². The Morgan fingerprint density at radius 2 is 2.06 bits per heavy atom. The molecule has 1 rings (SSSR count). The summed E-state index contributed by atoms with van der Waals surface area (Å²) >= 11 is 7.91. The molecule has 1 unspecified atom stereocenters. The highest BCUT2D eigenvalue weighted by atomic mass is 35.5. The summed E-state index contributed by atoms with van der Waals surface area (Å²) in [6, 6.07) is 0. The van der Waals surface area contributed by atoms with Gasteiger partial charge in [-0.15, -0.1) is 16.7 Å². The number of hydrogen-bond donors (Lipinski definition) is 0. The largest absolute Gasteiger partial charge is 0.227 e. The number of aromatic nitrogens is 4. The summed E-state index contributed by atoms with van der Waals surface area (Å²) < 4.78 is 2.04. The van der Waals surface area contributed by atoms with Gasteiger partial charge >= 0.3 is 0 Å². The minimum atomic E-state index is -0.150. The third-order valence-corrected chi connectivity index (χ3v) is 4.84. The van der Waals surface area contributed by atoms with E-state index >= 15 is 0 Å². The summed E-state index contributed by atoms with van der Waals surface area (Å²) in [5.74, 6) is 0.752. The molecule has 92 valence electrons. The van der Waals surface area contributed by atoms with Crippen LogP contribution < -0.4 is 0 Å². The average molecular weight is 263 g/mol. The fourth-order valence-corrected chi connectivity index (χ4v) is 2.69. The van der Waals surface area contributed by atoms with Crippen LogP contribution in [0.1, 0.15) is 44.8 Å². The van der Waals surface area contributed by atoms with Crippen molar-refractivity contribution >= 4 is 23.4 Å². The third kappa shape index (κ3) is 2.88. The van der Waals surface area contributed by atoms with Crippen molar-refractivity contribution in [1.82, 2.24) is 20.2 Å². The molecule has 0 saturated carbocycles. The van der Waals surface area contributed by atoms with Crippen molar-refractivity contribution < 1.29 is 0 Å². The fraction of sp³-hybridized carbons (Fsp3) is 0.900. The van der Waals surface area contributed by atoms with Crippen LogP contribution in [0.25, 0.3) is 0 Å². The lowest BCUT2D eigenvalue weighted by molar-refractivity contribution is 0.422. The van der Waals surface area contributed by atoms with E-state index in [1.54, 1.807) is 0 Å². The van der Waals surface area contributed by atoms with Gasteiger partial charge in [0.05, 0.1) is 11.9 Å². The molecule has 0 saturated heterocycles. The zero-order valence-electron chi connectivity index (χ0n) is 10.3. The smallest absolute Gasteiger partial charge is 0.168 e. The molecule has 0 spiro atoms. The summed E-state index contributed by atoms with van der Waals surface area (Å²) in [5.41, 5.74) is 0. The van der Waals surface area contributed by atoms with Gasteiger partial charge in [-0.2, -0.15) is 11.8 Å². The molecule has 0 amide bonds. The van der Waals surface area contributed by atoms with Gasteiger partial charge in [0.2, 0.25) is 0 Å². The van der Waals surface area contributed by atoms with Crippen LogP contribution in [0.5, 0.6) is 0 Å². The van der Waals surface area contributed by atoms with E-state index < -0.39 is 0 Å². The van der Waals surface area contributed by atoms with E-state index in [2.05, 4.69) is 35.6 Å². The van der Waals surface area contributed by atoms with E-state index in [-0.39, 0.29) is 10.1 Å². The molecule has 0 fully saturated rings. The first kappa shape index (κ1) is 13.8. The van der Waals surface area contributed by atoms with Crippen molar-refractivity contribution in [2.45, 2.75) is 50.3 Å². The summed E-state index contributed by atoms with van der Waals surface area (Å²) in [6.45, 7) is 7.12. The van der Waals surface area contributed by atoms with Crippen molar-refractivity contribution in [2.75, 3.05) is 6.26 Å². The van der Waals surface area contributed by atoms with Gasteiger partial charge in [-0.3, -0.25) is 0 Å². The lowest BCUT2D eigenvalue weighted by Crippen LogP contribution is -2.30. The molecule has 1 aromatic rings. The number of halogens is 1. The normalized spacial score (nSPS) is 14.1. The summed E-state index contributed by atoms with van der Waals surface area (Å²) in [6.07, 6.45) is 4.34. The van der Waals surface area contributed by atoms with Crippen LogP contribution in [0.15, 0.2) is 0 Å². The molecule has 0 aliphatic heterocycles. The highest BCUT2D eigenvalue weighted by Crippen LogP contribution is 2.32. The van der Waals surface area contributed by atoms with Crippen LogP contribution in [0.4, 0.5) is 0 Å². The molecular weight excluding hydrogens is 244 g/mol. The van der Waals surface area contributed by atoms with E-state index in [1.165, 1.54) is 0 Å². The fourth-order valence-electron chi connectivity index (χ4n) is 1.71. The predicted molar refractivity (Wildman–Crippen MR) is 68.9 cm³/mol. The quantitative estimate of drug-likeness (QED) is 0.740. The van der Waals surface area contributed by atoms with Gasteiger partial charge in [0, 0.05) is 4.75 Å². The summed E-state index contributed by atoms with van der Waals surface area (Å²) in [4.78, 5) is 0. The van der Waals surface area contributed by atoms with E-state index in [4.69, 9.17) is 11.6 Å². The summed E-state index contributed by atoms with van der Waals surface area (Å²) in [7, 11) is 0. The molecule has 0 bridgehead atoms. The van der Waals surface area contributed by atoms with E-state index in [0.717, 1.165) is 25.2 Å². The van der Waals surface area contributed by atoms with Crippen molar-refractivity contribution in [1.29, 1.82) is 0 Å². The molecule has 0 radical (unpaired) electrons. The molecule has 4 nitrogen and oxygen atoms in total. The van der Waals surface area contributed by atoms with Gasteiger partial charge in [0.15, 0.2) is 5.82 Å². The number of nitrogens with zero attached hydrogens (tertiary/aromatic N) is 4. The van der Waals surface area contributed by atoms with Crippen molar-refractivity contribution in [3.8, 4) is 0 Å². The first-order valence-electron chi connectivity index (χ1n) is 5.53. The van der Waals surface area contributed by atoms with Crippen LogP contribution in [-0.2, 0) is 6.54 Å². The molecule has 1 atom stereocenters. The Hall–Kier alpha value is -0.290. The Balaban J connectivity index is 2.89. The molecule has 6 heteroatoms. The topological polar surface area (TPSA) is 43.6 Å². The molecule has 0 aromatic carbocycles. The second kappa shape index (κ2) is 5.87. The van der Waals surface area contributed by atoms with Crippen molar-refractivity contribution in [3.63, 3.8) is 0 Å². The standard InChI is InChI=1S/C10H19ClN4S/c1-5-10(6-2,16-4)7-15-9(8(3)11)12-13-14-15/h8H,5-7H2,1-4H3. The number of alkyl halides is 1. The summed E-state index contributed by atoms with van der Waals surface area (Å²) in [5, 5.41) is 11.5. The Morgan fingerprint density at radius 3 is 2.50 bits per heavy atom. The van der Waals surface area contributed by atoms with E-state index in [9.17, 15) is 0 Å². The van der Waals surface area contributed by atoms with Crippen LogP contribution in [0.3, 0.4) is 0 Å². The minimum Gasteiger partial charge on any atom is -0.227 e. The van der Waals surface area contributed by atoms with Crippen LogP contribution in [-0.4, -0.2) is 31.2 Å². The van der Waals surface area contributed by atoms with Gasteiger partial charge in [-0.05, 0) is 36.4 Å². The maximum atomic E-state index is 6.04. The maximum absolute atomic E-state index is 6.04. The second-order valence-corrected chi connectivity index (χ2v) is 5.83.